The summed E-state index contributed by atoms with van der Waals surface area (Å²) in [4.78, 5) is 53.4. The lowest BCUT2D eigenvalue weighted by Gasteiger charge is -2.27. The number of ether oxygens (including phenoxy) is 2. The van der Waals surface area contributed by atoms with Crippen LogP contribution in [0.3, 0.4) is 0 Å². The number of hydrogen-bond acceptors (Lipinski definition) is 6. The molecule has 3 aromatic rings. The van der Waals surface area contributed by atoms with Gasteiger partial charge in [-0.1, -0.05) is 105 Å². The quantitative estimate of drug-likeness (QED) is 0.216. The number of rotatable bonds is 14. The Morgan fingerprint density at radius 2 is 1.04 bits per heavy atom. The molecule has 0 aliphatic heterocycles. The largest absolute Gasteiger partial charge is 0.459 e. The first-order valence-corrected chi connectivity index (χ1v) is 15.3. The lowest BCUT2D eigenvalue weighted by molar-refractivity contribution is -0.149. The second-order valence-electron chi connectivity index (χ2n) is 12.4. The van der Waals surface area contributed by atoms with Crippen LogP contribution in [0.2, 0.25) is 0 Å². The van der Waals surface area contributed by atoms with Crippen molar-refractivity contribution in [3.05, 3.63) is 108 Å². The molecule has 3 rings (SSSR count). The van der Waals surface area contributed by atoms with Crippen LogP contribution in [0.15, 0.2) is 91.0 Å². The van der Waals surface area contributed by atoms with Crippen LogP contribution in [-0.4, -0.2) is 47.6 Å². The van der Waals surface area contributed by atoms with E-state index in [2.05, 4.69) is 16.0 Å². The zero-order valence-electron chi connectivity index (χ0n) is 26.7. The zero-order valence-corrected chi connectivity index (χ0v) is 26.7. The summed E-state index contributed by atoms with van der Waals surface area (Å²) in [6, 6.07) is 24.8. The molecule has 0 aliphatic carbocycles. The number of carbonyl (C=O) groups excluding carboxylic acids is 4. The van der Waals surface area contributed by atoms with E-state index in [-0.39, 0.29) is 25.4 Å². The van der Waals surface area contributed by atoms with E-state index in [1.165, 1.54) is 0 Å². The Morgan fingerprint density at radius 1 is 0.622 bits per heavy atom. The van der Waals surface area contributed by atoms with Gasteiger partial charge in [-0.2, -0.15) is 0 Å². The van der Waals surface area contributed by atoms with E-state index in [1.54, 1.807) is 20.8 Å². The van der Waals surface area contributed by atoms with Gasteiger partial charge in [0.2, 0.25) is 11.8 Å². The molecule has 0 unspecified atom stereocenters. The summed E-state index contributed by atoms with van der Waals surface area (Å²) in [6.45, 7) is 9.17. The first-order valence-electron chi connectivity index (χ1n) is 15.3. The summed E-state index contributed by atoms with van der Waals surface area (Å²) in [5, 5.41) is 8.33. The van der Waals surface area contributed by atoms with Crippen molar-refractivity contribution in [2.45, 2.75) is 84.2 Å². The van der Waals surface area contributed by atoms with Gasteiger partial charge in [0.15, 0.2) is 0 Å². The molecular formula is C36H45N3O6. The minimum Gasteiger partial charge on any atom is -0.459 e. The van der Waals surface area contributed by atoms with Gasteiger partial charge < -0.3 is 25.4 Å². The van der Waals surface area contributed by atoms with Crippen LogP contribution in [0.1, 0.15) is 57.7 Å². The van der Waals surface area contributed by atoms with Crippen molar-refractivity contribution in [3.63, 3.8) is 0 Å². The highest BCUT2D eigenvalue weighted by Crippen LogP contribution is 2.12. The topological polar surface area (TPSA) is 123 Å². The Labute approximate surface area is 266 Å². The average molecular weight is 616 g/mol. The molecule has 0 aliphatic rings. The Hall–Kier alpha value is -4.66. The molecule has 3 amide bonds. The van der Waals surface area contributed by atoms with Crippen molar-refractivity contribution >= 4 is 23.9 Å². The van der Waals surface area contributed by atoms with Crippen LogP contribution < -0.4 is 16.0 Å². The van der Waals surface area contributed by atoms with Crippen molar-refractivity contribution in [2.75, 3.05) is 0 Å². The van der Waals surface area contributed by atoms with Crippen molar-refractivity contribution < 1.29 is 28.7 Å². The average Bonchev–Trinajstić information content (AvgIpc) is 2.99. The van der Waals surface area contributed by atoms with Crippen LogP contribution in [0, 0.1) is 5.92 Å². The highest BCUT2D eigenvalue weighted by Gasteiger charge is 2.31. The van der Waals surface area contributed by atoms with Crippen LogP contribution in [0.25, 0.3) is 0 Å². The third-order valence-electron chi connectivity index (χ3n) is 6.74. The van der Waals surface area contributed by atoms with Gasteiger partial charge in [0.1, 0.15) is 30.3 Å². The monoisotopic (exact) mass is 615 g/mol. The Bertz CT molecular complexity index is 1370. The van der Waals surface area contributed by atoms with Gasteiger partial charge in [0.25, 0.3) is 0 Å². The summed E-state index contributed by atoms with van der Waals surface area (Å²) in [5.74, 6) is -1.58. The molecular weight excluding hydrogens is 570 g/mol. The SMILES string of the molecule is CC(C)C[C@H](NC(=O)[C@@H](Cc1ccccc1)NC(=O)[C@@H](Cc1ccccc1)NC(=O)OC(C)(C)C)C(=O)OCc1ccccc1. The lowest BCUT2D eigenvalue weighted by Crippen LogP contribution is -2.57. The summed E-state index contributed by atoms with van der Waals surface area (Å²) in [7, 11) is 0. The molecule has 0 spiro atoms. The minimum atomic E-state index is -1.05. The van der Waals surface area contributed by atoms with E-state index >= 15 is 0 Å². The fraction of sp³-hybridized carbons (Fsp3) is 0.389. The molecule has 0 heterocycles. The number of nitrogens with one attached hydrogen (secondary N) is 3. The summed E-state index contributed by atoms with van der Waals surface area (Å²) < 4.78 is 11.0. The highest BCUT2D eigenvalue weighted by molar-refractivity contribution is 5.93. The lowest BCUT2D eigenvalue weighted by atomic mass is 10.0. The fourth-order valence-electron chi connectivity index (χ4n) is 4.63. The van der Waals surface area contributed by atoms with Gasteiger partial charge in [0.05, 0.1) is 0 Å². The van der Waals surface area contributed by atoms with E-state index in [0.29, 0.717) is 6.42 Å². The zero-order chi connectivity index (χ0) is 32.8. The smallest absolute Gasteiger partial charge is 0.408 e. The van der Waals surface area contributed by atoms with E-state index in [9.17, 15) is 19.2 Å². The van der Waals surface area contributed by atoms with Crippen LogP contribution in [0.5, 0.6) is 0 Å². The maximum Gasteiger partial charge on any atom is 0.408 e. The molecule has 240 valence electrons. The number of amides is 3. The number of esters is 1. The summed E-state index contributed by atoms with van der Waals surface area (Å²) >= 11 is 0. The minimum absolute atomic E-state index is 0.0752. The number of benzene rings is 3. The fourth-order valence-corrected chi connectivity index (χ4v) is 4.63. The van der Waals surface area contributed by atoms with Gasteiger partial charge in [0, 0.05) is 12.8 Å². The first-order chi connectivity index (χ1) is 21.4. The molecule has 0 saturated carbocycles. The van der Waals surface area contributed by atoms with Crippen LogP contribution in [0.4, 0.5) is 4.79 Å². The van der Waals surface area contributed by atoms with Crippen molar-refractivity contribution in [2.24, 2.45) is 5.92 Å². The molecule has 0 fully saturated rings. The molecule has 45 heavy (non-hydrogen) atoms. The Morgan fingerprint density at radius 3 is 1.49 bits per heavy atom. The maximum atomic E-state index is 13.8. The predicted octanol–water partition coefficient (Wildman–Crippen LogP) is 5.12. The van der Waals surface area contributed by atoms with Gasteiger partial charge >= 0.3 is 12.1 Å². The molecule has 3 N–H and O–H groups in total. The molecule has 0 radical (unpaired) electrons. The number of alkyl carbamates (subject to hydrolysis) is 1. The van der Waals surface area contributed by atoms with E-state index < -0.39 is 47.6 Å². The van der Waals surface area contributed by atoms with Crippen molar-refractivity contribution in [3.8, 4) is 0 Å². The van der Waals surface area contributed by atoms with E-state index in [4.69, 9.17) is 9.47 Å². The highest BCUT2D eigenvalue weighted by atomic mass is 16.6. The number of carbonyl (C=O) groups is 4. The third kappa shape index (κ3) is 12.8. The molecule has 3 aromatic carbocycles. The van der Waals surface area contributed by atoms with Gasteiger partial charge in [-0.15, -0.1) is 0 Å². The number of hydrogen-bond donors (Lipinski definition) is 3. The van der Waals surface area contributed by atoms with Crippen LogP contribution >= 0.6 is 0 Å². The Kier molecular flexibility index (Phi) is 13.1. The molecule has 0 aromatic heterocycles. The van der Waals surface area contributed by atoms with E-state index in [0.717, 1.165) is 16.7 Å². The maximum absolute atomic E-state index is 13.8. The van der Waals surface area contributed by atoms with Gasteiger partial charge in [-0.3, -0.25) is 9.59 Å². The van der Waals surface area contributed by atoms with E-state index in [1.807, 2.05) is 105 Å². The standard InChI is InChI=1S/C36H45N3O6/c1-25(2)21-31(34(42)44-24-28-19-13-8-14-20-28)38-32(40)29(22-26-15-9-6-10-16-26)37-33(41)30(23-27-17-11-7-12-18-27)39-35(43)45-36(3,4)5/h6-20,25,29-31H,21-24H2,1-5H3,(H,37,41)(H,38,40)(H,39,43)/t29-,30-,31+/m1/s1. The van der Waals surface area contributed by atoms with Crippen molar-refractivity contribution in [1.82, 2.24) is 16.0 Å². The second-order valence-corrected chi connectivity index (χ2v) is 12.4. The summed E-state index contributed by atoms with van der Waals surface area (Å²) in [6.07, 6.45) is -0.0628. The molecule has 9 heteroatoms. The Balaban J connectivity index is 1.81. The predicted molar refractivity (Wildman–Crippen MR) is 173 cm³/mol. The second kappa shape index (κ2) is 17.0. The molecule has 9 nitrogen and oxygen atoms in total. The molecule has 0 saturated heterocycles. The first kappa shape index (κ1) is 34.8. The third-order valence-corrected chi connectivity index (χ3v) is 6.74. The molecule has 0 bridgehead atoms. The summed E-state index contributed by atoms with van der Waals surface area (Å²) in [5.41, 5.74) is 1.69. The van der Waals surface area contributed by atoms with Gasteiger partial charge in [-0.05, 0) is 49.8 Å². The van der Waals surface area contributed by atoms with Crippen molar-refractivity contribution in [1.29, 1.82) is 0 Å². The normalized spacial score (nSPS) is 13.2. The molecule has 3 atom stereocenters. The van der Waals surface area contributed by atoms with Gasteiger partial charge in [-0.25, -0.2) is 9.59 Å². The van der Waals surface area contributed by atoms with Crippen LogP contribution in [-0.2, 0) is 43.3 Å².